The van der Waals surface area contributed by atoms with Gasteiger partial charge in [0.2, 0.25) is 0 Å². The number of hydrogen-bond acceptors (Lipinski definition) is 6. The number of methoxy groups -OCH3 is 1. The van der Waals surface area contributed by atoms with Gasteiger partial charge >= 0.3 is 0 Å². The minimum absolute atomic E-state index is 0.154. The number of rotatable bonds is 7. The molecule has 1 amide bonds. The van der Waals surface area contributed by atoms with Gasteiger partial charge < -0.3 is 14.4 Å². The molecular formula is C22H25N5O4. The quantitative estimate of drug-likeness (QED) is 0.623. The highest BCUT2D eigenvalue weighted by atomic mass is 16.5. The molecule has 0 spiro atoms. The standard InChI is InChI=1S/C22H25N5O4/c1-3-31-17-6-4-15(5-7-17)19-13-20(24-23-19)22(29)26-9-8-18-16(14-26)12-21(28)27(25-18)10-11-30-2/h4-7,12-13H,3,8-11,14H2,1-2H3,(H,23,24). The third-order valence-electron chi connectivity index (χ3n) is 5.21. The molecule has 0 bridgehead atoms. The number of amides is 1. The first kappa shape index (κ1) is 20.8. The summed E-state index contributed by atoms with van der Waals surface area (Å²) in [6.07, 6.45) is 0.591. The molecule has 0 fully saturated rings. The zero-order valence-corrected chi connectivity index (χ0v) is 17.6. The first-order chi connectivity index (χ1) is 15.1. The molecule has 0 saturated carbocycles. The number of nitrogens with one attached hydrogen (secondary N) is 1. The average molecular weight is 423 g/mol. The van der Waals surface area contributed by atoms with Gasteiger partial charge in [-0.2, -0.15) is 10.2 Å². The molecule has 1 aliphatic heterocycles. The maximum atomic E-state index is 13.0. The predicted molar refractivity (Wildman–Crippen MR) is 114 cm³/mol. The lowest BCUT2D eigenvalue weighted by molar-refractivity contribution is 0.0726. The van der Waals surface area contributed by atoms with Crippen LogP contribution in [-0.4, -0.2) is 57.7 Å². The molecule has 2 aromatic heterocycles. The molecule has 0 saturated heterocycles. The predicted octanol–water partition coefficient (Wildman–Crippen LogP) is 1.88. The van der Waals surface area contributed by atoms with Crippen molar-refractivity contribution in [1.82, 2.24) is 24.9 Å². The summed E-state index contributed by atoms with van der Waals surface area (Å²) >= 11 is 0. The number of ether oxygens (including phenoxy) is 2. The Kier molecular flexibility index (Phi) is 6.13. The summed E-state index contributed by atoms with van der Waals surface area (Å²) < 4.78 is 11.9. The molecule has 4 rings (SSSR count). The van der Waals surface area contributed by atoms with E-state index in [4.69, 9.17) is 9.47 Å². The van der Waals surface area contributed by atoms with Crippen LogP contribution in [0.5, 0.6) is 5.75 Å². The Morgan fingerprint density at radius 2 is 2.03 bits per heavy atom. The van der Waals surface area contributed by atoms with E-state index in [0.29, 0.717) is 50.7 Å². The average Bonchev–Trinajstić information content (AvgIpc) is 3.28. The van der Waals surface area contributed by atoms with Gasteiger partial charge in [-0.3, -0.25) is 14.7 Å². The summed E-state index contributed by atoms with van der Waals surface area (Å²) in [6, 6.07) is 10.9. The molecule has 0 unspecified atom stereocenters. The van der Waals surface area contributed by atoms with Crippen molar-refractivity contribution < 1.29 is 14.3 Å². The first-order valence-electron chi connectivity index (χ1n) is 10.3. The fourth-order valence-electron chi connectivity index (χ4n) is 3.59. The first-order valence-corrected chi connectivity index (χ1v) is 10.3. The minimum Gasteiger partial charge on any atom is -0.494 e. The Balaban J connectivity index is 1.47. The highest BCUT2D eigenvalue weighted by Crippen LogP contribution is 2.23. The summed E-state index contributed by atoms with van der Waals surface area (Å²) in [7, 11) is 1.59. The van der Waals surface area contributed by atoms with E-state index in [1.165, 1.54) is 4.68 Å². The van der Waals surface area contributed by atoms with Crippen molar-refractivity contribution in [3.05, 3.63) is 63.7 Å². The van der Waals surface area contributed by atoms with Crippen LogP contribution in [-0.2, 0) is 24.2 Å². The Hall–Kier alpha value is -3.46. The SMILES string of the molecule is CCOc1ccc(-c2cc(C(=O)N3CCc4nn(CCOC)c(=O)cc4C3)[nH]n2)cc1. The smallest absolute Gasteiger partial charge is 0.272 e. The Labute approximate surface area is 179 Å². The number of aromatic amines is 1. The molecule has 3 heterocycles. The van der Waals surface area contributed by atoms with Gasteiger partial charge in [0.1, 0.15) is 11.4 Å². The summed E-state index contributed by atoms with van der Waals surface area (Å²) in [5, 5.41) is 11.6. The van der Waals surface area contributed by atoms with Crippen LogP contribution in [0.25, 0.3) is 11.3 Å². The number of aromatic nitrogens is 4. The third kappa shape index (κ3) is 4.51. The van der Waals surface area contributed by atoms with Crippen molar-refractivity contribution in [1.29, 1.82) is 0 Å². The van der Waals surface area contributed by atoms with E-state index in [9.17, 15) is 9.59 Å². The van der Waals surface area contributed by atoms with E-state index < -0.39 is 0 Å². The van der Waals surface area contributed by atoms with Crippen molar-refractivity contribution >= 4 is 5.91 Å². The van der Waals surface area contributed by atoms with E-state index in [1.807, 2.05) is 31.2 Å². The fourth-order valence-corrected chi connectivity index (χ4v) is 3.59. The van der Waals surface area contributed by atoms with Crippen molar-refractivity contribution in [3.63, 3.8) is 0 Å². The minimum atomic E-state index is -0.190. The number of hydrogen-bond donors (Lipinski definition) is 1. The zero-order chi connectivity index (χ0) is 21.8. The monoisotopic (exact) mass is 423 g/mol. The number of nitrogens with zero attached hydrogens (tertiary/aromatic N) is 4. The number of fused-ring (bicyclic) bond motifs is 1. The van der Waals surface area contributed by atoms with Crippen LogP contribution >= 0.6 is 0 Å². The molecule has 1 aliphatic rings. The van der Waals surface area contributed by atoms with E-state index in [0.717, 1.165) is 22.6 Å². The van der Waals surface area contributed by atoms with Gasteiger partial charge in [-0.25, -0.2) is 4.68 Å². The van der Waals surface area contributed by atoms with Gasteiger partial charge in [-0.05, 0) is 37.3 Å². The van der Waals surface area contributed by atoms with Crippen LogP contribution in [0.15, 0.2) is 41.2 Å². The molecular weight excluding hydrogens is 398 g/mol. The second kappa shape index (κ2) is 9.13. The zero-order valence-electron chi connectivity index (χ0n) is 17.6. The van der Waals surface area contributed by atoms with Crippen LogP contribution < -0.4 is 10.3 Å². The number of carbonyl (C=O) groups is 1. The number of H-pyrrole nitrogens is 1. The molecule has 9 heteroatoms. The van der Waals surface area contributed by atoms with E-state index >= 15 is 0 Å². The fraction of sp³-hybridized carbons (Fsp3) is 0.364. The maximum Gasteiger partial charge on any atom is 0.272 e. The van der Waals surface area contributed by atoms with Gasteiger partial charge in [0.15, 0.2) is 0 Å². The van der Waals surface area contributed by atoms with Crippen molar-refractivity contribution in [2.24, 2.45) is 0 Å². The topological polar surface area (TPSA) is 102 Å². The molecule has 3 aromatic rings. The van der Waals surface area contributed by atoms with E-state index in [2.05, 4.69) is 15.3 Å². The molecule has 9 nitrogen and oxygen atoms in total. The lowest BCUT2D eigenvalue weighted by Crippen LogP contribution is -2.39. The third-order valence-corrected chi connectivity index (χ3v) is 5.21. The second-order valence-corrected chi connectivity index (χ2v) is 7.27. The summed E-state index contributed by atoms with van der Waals surface area (Å²) in [4.78, 5) is 27.0. The molecule has 1 N–H and O–H groups in total. The Bertz CT molecular complexity index is 1120. The largest absolute Gasteiger partial charge is 0.494 e. The number of carbonyl (C=O) groups excluding carboxylic acids is 1. The molecule has 0 atom stereocenters. The van der Waals surface area contributed by atoms with Crippen molar-refractivity contribution in [3.8, 4) is 17.0 Å². The molecule has 1 aromatic carbocycles. The van der Waals surface area contributed by atoms with Crippen LogP contribution in [0.2, 0.25) is 0 Å². The number of benzene rings is 1. The van der Waals surface area contributed by atoms with Gasteiger partial charge in [-0.1, -0.05) is 0 Å². The lowest BCUT2D eigenvalue weighted by Gasteiger charge is -2.27. The van der Waals surface area contributed by atoms with Gasteiger partial charge in [0.25, 0.3) is 11.5 Å². The van der Waals surface area contributed by atoms with Crippen LogP contribution in [0.1, 0.15) is 28.7 Å². The summed E-state index contributed by atoms with van der Waals surface area (Å²) in [6.45, 7) is 4.25. The Morgan fingerprint density at radius 1 is 1.23 bits per heavy atom. The van der Waals surface area contributed by atoms with Crippen molar-refractivity contribution in [2.45, 2.75) is 26.4 Å². The molecule has 162 valence electrons. The highest BCUT2D eigenvalue weighted by Gasteiger charge is 2.25. The van der Waals surface area contributed by atoms with Crippen molar-refractivity contribution in [2.75, 3.05) is 26.9 Å². The lowest BCUT2D eigenvalue weighted by atomic mass is 10.1. The van der Waals surface area contributed by atoms with Gasteiger partial charge in [-0.15, -0.1) is 0 Å². The summed E-state index contributed by atoms with van der Waals surface area (Å²) in [5.41, 5.74) is 3.43. The highest BCUT2D eigenvalue weighted by molar-refractivity contribution is 5.93. The molecule has 31 heavy (non-hydrogen) atoms. The van der Waals surface area contributed by atoms with Crippen LogP contribution in [0, 0.1) is 0 Å². The maximum absolute atomic E-state index is 13.0. The molecule has 0 radical (unpaired) electrons. The normalized spacial score (nSPS) is 13.2. The van der Waals surface area contributed by atoms with Crippen LogP contribution in [0.3, 0.4) is 0 Å². The second-order valence-electron chi connectivity index (χ2n) is 7.27. The van der Waals surface area contributed by atoms with Crippen LogP contribution in [0.4, 0.5) is 0 Å². The Morgan fingerprint density at radius 3 is 2.77 bits per heavy atom. The van der Waals surface area contributed by atoms with Gasteiger partial charge in [0, 0.05) is 43.8 Å². The van der Waals surface area contributed by atoms with E-state index in [-0.39, 0.29) is 11.5 Å². The van der Waals surface area contributed by atoms with E-state index in [1.54, 1.807) is 24.1 Å². The van der Waals surface area contributed by atoms with Gasteiger partial charge in [0.05, 0.1) is 31.1 Å². The molecule has 0 aliphatic carbocycles. The summed E-state index contributed by atoms with van der Waals surface area (Å²) in [5.74, 6) is 0.638.